The summed E-state index contributed by atoms with van der Waals surface area (Å²) < 4.78 is 27.8. The smallest absolute Gasteiger partial charge is 0.282 e. The molecule has 1 saturated heterocycles. The molecule has 1 unspecified atom stereocenters. The van der Waals surface area contributed by atoms with Crippen LogP contribution in [0.5, 0.6) is 0 Å². The van der Waals surface area contributed by atoms with E-state index in [1.165, 1.54) is 8.61 Å². The van der Waals surface area contributed by atoms with Gasteiger partial charge in [0.25, 0.3) is 10.2 Å². The van der Waals surface area contributed by atoms with Crippen molar-refractivity contribution in [1.82, 2.24) is 8.61 Å². The molecule has 0 spiro atoms. The second-order valence-corrected chi connectivity index (χ2v) is 6.97. The van der Waals surface area contributed by atoms with Crippen LogP contribution >= 0.6 is 0 Å². The lowest BCUT2D eigenvalue weighted by Gasteiger charge is -2.34. The van der Waals surface area contributed by atoms with Gasteiger partial charge >= 0.3 is 0 Å². The molecular formula is C11H24N4O3S. The summed E-state index contributed by atoms with van der Waals surface area (Å²) in [6.07, 6.45) is 2.62. The number of nitrogens with two attached hydrogens (primary N) is 1. The Labute approximate surface area is 115 Å². The molecule has 7 nitrogen and oxygen atoms in total. The zero-order valence-electron chi connectivity index (χ0n) is 11.6. The van der Waals surface area contributed by atoms with E-state index >= 15 is 0 Å². The number of nitrogens with zero attached hydrogens (tertiary/aromatic N) is 3. The van der Waals surface area contributed by atoms with E-state index in [1.807, 2.05) is 6.92 Å². The average Bonchev–Trinajstić information content (AvgIpc) is 2.38. The van der Waals surface area contributed by atoms with Crippen molar-refractivity contribution in [2.75, 3.05) is 26.2 Å². The Balaban J connectivity index is 2.85. The normalized spacial score (nSPS) is 22.9. The minimum Gasteiger partial charge on any atom is -0.409 e. The van der Waals surface area contributed by atoms with E-state index in [9.17, 15) is 8.42 Å². The van der Waals surface area contributed by atoms with Crippen molar-refractivity contribution in [3.63, 3.8) is 0 Å². The van der Waals surface area contributed by atoms with Crippen molar-refractivity contribution >= 4 is 16.0 Å². The van der Waals surface area contributed by atoms with Gasteiger partial charge in [-0.05, 0) is 25.2 Å². The molecule has 0 aromatic carbocycles. The van der Waals surface area contributed by atoms with Crippen LogP contribution in [0.3, 0.4) is 0 Å². The second kappa shape index (κ2) is 7.06. The molecule has 0 amide bonds. The summed E-state index contributed by atoms with van der Waals surface area (Å²) in [6.45, 7) is 5.33. The van der Waals surface area contributed by atoms with Crippen molar-refractivity contribution in [3.8, 4) is 0 Å². The summed E-state index contributed by atoms with van der Waals surface area (Å²) >= 11 is 0. The van der Waals surface area contributed by atoms with E-state index in [-0.39, 0.29) is 12.4 Å². The van der Waals surface area contributed by atoms with Gasteiger partial charge in [-0.1, -0.05) is 19.0 Å². The lowest BCUT2D eigenvalue weighted by atomic mass is 10.0. The van der Waals surface area contributed by atoms with Gasteiger partial charge in [-0.3, -0.25) is 0 Å². The van der Waals surface area contributed by atoms with E-state index < -0.39 is 10.2 Å². The predicted octanol–water partition coefficient (Wildman–Crippen LogP) is 0.422. The maximum absolute atomic E-state index is 12.5. The summed E-state index contributed by atoms with van der Waals surface area (Å²) in [4.78, 5) is 0. The van der Waals surface area contributed by atoms with Crippen molar-refractivity contribution in [2.24, 2.45) is 16.8 Å². The Morgan fingerprint density at radius 3 is 2.79 bits per heavy atom. The second-order valence-electron chi connectivity index (χ2n) is 5.04. The van der Waals surface area contributed by atoms with E-state index in [0.717, 1.165) is 12.8 Å². The summed E-state index contributed by atoms with van der Waals surface area (Å²) in [5, 5.41) is 11.5. The third kappa shape index (κ3) is 4.32. The molecule has 19 heavy (non-hydrogen) atoms. The fraction of sp³-hybridized carbons (Fsp3) is 0.909. The lowest BCUT2D eigenvalue weighted by Crippen LogP contribution is -2.50. The Kier molecular flexibility index (Phi) is 6.02. The zero-order valence-corrected chi connectivity index (χ0v) is 12.4. The molecule has 0 saturated carbocycles. The van der Waals surface area contributed by atoms with Crippen molar-refractivity contribution < 1.29 is 13.6 Å². The first-order valence-corrected chi connectivity index (χ1v) is 8.03. The van der Waals surface area contributed by atoms with Gasteiger partial charge < -0.3 is 10.9 Å². The third-order valence-electron chi connectivity index (χ3n) is 3.21. The largest absolute Gasteiger partial charge is 0.409 e. The highest BCUT2D eigenvalue weighted by Crippen LogP contribution is 2.20. The van der Waals surface area contributed by atoms with Crippen molar-refractivity contribution in [3.05, 3.63) is 0 Å². The molecule has 0 aromatic rings. The monoisotopic (exact) mass is 292 g/mol. The standard InChI is InChI=1S/C11H24N4O3S/c1-3-6-14(9-11(12)13-16)19(17,18)15-7-4-5-10(2)8-15/h10,16H,3-9H2,1-2H3,(H2,12,13). The highest BCUT2D eigenvalue weighted by atomic mass is 32.2. The van der Waals surface area contributed by atoms with E-state index in [0.29, 0.717) is 32.0 Å². The molecular weight excluding hydrogens is 268 g/mol. The maximum Gasteiger partial charge on any atom is 0.282 e. The summed E-state index contributed by atoms with van der Waals surface area (Å²) in [7, 11) is -3.53. The van der Waals surface area contributed by atoms with Gasteiger partial charge in [-0.15, -0.1) is 0 Å². The van der Waals surface area contributed by atoms with Crippen LogP contribution in [0.25, 0.3) is 0 Å². The fourth-order valence-corrected chi connectivity index (χ4v) is 4.09. The maximum atomic E-state index is 12.5. The quantitative estimate of drug-likeness (QED) is 0.321. The number of amidine groups is 1. The molecule has 0 aliphatic carbocycles. The minimum atomic E-state index is -3.53. The molecule has 8 heteroatoms. The molecule has 112 valence electrons. The zero-order chi connectivity index (χ0) is 14.5. The molecule has 0 aromatic heterocycles. The first-order chi connectivity index (χ1) is 8.91. The van der Waals surface area contributed by atoms with Gasteiger partial charge in [0.1, 0.15) is 0 Å². The fourth-order valence-electron chi connectivity index (χ4n) is 2.26. The SMILES string of the molecule is CCCN(CC(N)=NO)S(=O)(=O)N1CCCC(C)C1. The van der Waals surface area contributed by atoms with Gasteiger partial charge in [-0.25, -0.2) is 0 Å². The Bertz CT molecular complexity index is 410. The molecule has 0 bridgehead atoms. The van der Waals surface area contributed by atoms with Gasteiger partial charge in [0.15, 0.2) is 5.84 Å². The topological polar surface area (TPSA) is 99.2 Å². The number of rotatable bonds is 6. The van der Waals surface area contributed by atoms with Crippen LogP contribution in [-0.2, 0) is 10.2 Å². The van der Waals surface area contributed by atoms with Crippen molar-refractivity contribution in [2.45, 2.75) is 33.1 Å². The molecule has 3 N–H and O–H groups in total. The van der Waals surface area contributed by atoms with E-state index in [1.54, 1.807) is 0 Å². The Morgan fingerprint density at radius 2 is 2.26 bits per heavy atom. The Morgan fingerprint density at radius 1 is 1.58 bits per heavy atom. The van der Waals surface area contributed by atoms with Crippen LogP contribution in [0.2, 0.25) is 0 Å². The molecule has 1 rings (SSSR count). The van der Waals surface area contributed by atoms with Crippen LogP contribution < -0.4 is 5.73 Å². The highest BCUT2D eigenvalue weighted by Gasteiger charge is 2.32. The Hall–Kier alpha value is -0.860. The van der Waals surface area contributed by atoms with Gasteiger partial charge in [0, 0.05) is 19.6 Å². The number of hydrogen-bond donors (Lipinski definition) is 2. The average molecular weight is 292 g/mol. The first-order valence-electron chi connectivity index (χ1n) is 6.63. The molecule has 0 radical (unpaired) electrons. The summed E-state index contributed by atoms with van der Waals surface area (Å²) in [6, 6.07) is 0. The van der Waals surface area contributed by atoms with Gasteiger partial charge in [0.2, 0.25) is 0 Å². The number of hydrogen-bond acceptors (Lipinski definition) is 4. The molecule has 1 heterocycles. The predicted molar refractivity (Wildman–Crippen MR) is 74.2 cm³/mol. The summed E-state index contributed by atoms with van der Waals surface area (Å²) in [5.74, 6) is 0.276. The third-order valence-corrected chi connectivity index (χ3v) is 5.16. The van der Waals surface area contributed by atoms with Gasteiger partial charge in [0.05, 0.1) is 6.54 Å². The molecule has 1 fully saturated rings. The van der Waals surface area contributed by atoms with Crippen LogP contribution in [0.4, 0.5) is 0 Å². The van der Waals surface area contributed by atoms with E-state index in [2.05, 4.69) is 12.1 Å². The van der Waals surface area contributed by atoms with Crippen LogP contribution in [0.15, 0.2) is 5.16 Å². The summed E-state index contributed by atoms with van der Waals surface area (Å²) in [5.41, 5.74) is 5.43. The van der Waals surface area contributed by atoms with Crippen molar-refractivity contribution in [1.29, 1.82) is 0 Å². The van der Waals surface area contributed by atoms with Gasteiger partial charge in [-0.2, -0.15) is 17.0 Å². The minimum absolute atomic E-state index is 0.0719. The van der Waals surface area contributed by atoms with E-state index in [4.69, 9.17) is 10.9 Å². The lowest BCUT2D eigenvalue weighted by molar-refractivity contribution is 0.260. The number of oxime groups is 1. The first kappa shape index (κ1) is 16.2. The van der Waals surface area contributed by atoms with Crippen LogP contribution in [0.1, 0.15) is 33.1 Å². The highest BCUT2D eigenvalue weighted by molar-refractivity contribution is 7.86. The molecule has 1 aliphatic rings. The molecule has 1 atom stereocenters. The molecule has 1 aliphatic heterocycles. The van der Waals surface area contributed by atoms with Crippen LogP contribution in [-0.4, -0.2) is 54.3 Å². The number of piperidine rings is 1. The van der Waals surface area contributed by atoms with Crippen LogP contribution in [0, 0.1) is 5.92 Å².